The molecule has 0 saturated heterocycles. The number of carbonyl (C=O) groups excluding carboxylic acids is 4. The Kier molecular flexibility index (Phi) is 9.13. The van der Waals surface area contributed by atoms with Gasteiger partial charge in [-0.15, -0.1) is 0 Å². The lowest BCUT2D eigenvalue weighted by atomic mass is 10.0. The molecule has 1 rings (SSSR count). The Labute approximate surface area is 190 Å². The van der Waals surface area contributed by atoms with Crippen molar-refractivity contribution in [1.29, 1.82) is 0 Å². The zero-order valence-corrected chi connectivity index (χ0v) is 19.4. The van der Waals surface area contributed by atoms with Crippen LogP contribution in [0.3, 0.4) is 0 Å². The number of nitro benzene ring substituents is 1. The van der Waals surface area contributed by atoms with Crippen LogP contribution in [0.2, 0.25) is 5.02 Å². The Morgan fingerprint density at radius 3 is 2.19 bits per heavy atom. The van der Waals surface area contributed by atoms with Crippen molar-refractivity contribution in [2.45, 2.75) is 59.2 Å². The minimum absolute atomic E-state index is 0.0691. The van der Waals surface area contributed by atoms with Crippen molar-refractivity contribution in [2.24, 2.45) is 5.92 Å². The molecule has 0 bridgehead atoms. The fraction of sp³-hybridized carbons (Fsp3) is 0.500. The molecule has 0 heterocycles. The predicted octanol–water partition coefficient (Wildman–Crippen LogP) is 2.56. The molecule has 0 saturated carbocycles. The Morgan fingerprint density at radius 2 is 1.72 bits per heavy atom. The maximum atomic E-state index is 12.6. The van der Waals surface area contributed by atoms with E-state index in [-0.39, 0.29) is 16.3 Å². The standard InChI is InChI=1S/C20H27ClN4O7/c1-10(2)15(22-17(27)13-8-7-12(25(30)31)9-14(13)21)18(28)32-11(3)16(26)23-19(29)24-20(4,5)6/h7-11,15H,1-6H3,(H,22,27)(H2,23,24,26,29)/t11?,15-/m0/s1. The van der Waals surface area contributed by atoms with Crippen molar-refractivity contribution >= 4 is 41.1 Å². The first-order chi connectivity index (χ1) is 14.6. The predicted molar refractivity (Wildman–Crippen MR) is 116 cm³/mol. The summed E-state index contributed by atoms with van der Waals surface area (Å²) >= 11 is 5.96. The third-order valence-electron chi connectivity index (χ3n) is 4.00. The van der Waals surface area contributed by atoms with E-state index >= 15 is 0 Å². The highest BCUT2D eigenvalue weighted by Gasteiger charge is 2.30. The van der Waals surface area contributed by atoms with Crippen molar-refractivity contribution < 1.29 is 28.8 Å². The number of nitrogens with zero attached hydrogens (tertiary/aromatic N) is 1. The fourth-order valence-corrected chi connectivity index (χ4v) is 2.67. The summed E-state index contributed by atoms with van der Waals surface area (Å²) < 4.78 is 5.12. The number of carbonyl (C=O) groups is 4. The van der Waals surface area contributed by atoms with E-state index in [1.807, 2.05) is 0 Å². The summed E-state index contributed by atoms with van der Waals surface area (Å²) in [6, 6.07) is 1.41. The van der Waals surface area contributed by atoms with Gasteiger partial charge in [-0.1, -0.05) is 25.4 Å². The lowest BCUT2D eigenvalue weighted by Crippen LogP contribution is -2.52. The Morgan fingerprint density at radius 1 is 1.12 bits per heavy atom. The number of esters is 1. The molecule has 11 nitrogen and oxygen atoms in total. The van der Waals surface area contributed by atoms with Crippen molar-refractivity contribution in [2.75, 3.05) is 0 Å². The van der Waals surface area contributed by atoms with Crippen LogP contribution in [0.15, 0.2) is 18.2 Å². The van der Waals surface area contributed by atoms with Gasteiger partial charge in [0.2, 0.25) is 0 Å². The second-order valence-corrected chi connectivity index (χ2v) is 8.80. The van der Waals surface area contributed by atoms with Gasteiger partial charge < -0.3 is 15.4 Å². The van der Waals surface area contributed by atoms with Crippen LogP contribution in [-0.4, -0.2) is 46.4 Å². The summed E-state index contributed by atoms with van der Waals surface area (Å²) in [6.45, 7) is 9.76. The number of amides is 4. The molecule has 0 aliphatic rings. The maximum absolute atomic E-state index is 12.6. The lowest BCUT2D eigenvalue weighted by molar-refractivity contribution is -0.384. The molecular weight excluding hydrogens is 444 g/mol. The van der Waals surface area contributed by atoms with Crippen molar-refractivity contribution in [3.8, 4) is 0 Å². The Bertz CT molecular complexity index is 912. The molecule has 0 aromatic heterocycles. The number of urea groups is 1. The normalized spacial score (nSPS) is 13.0. The van der Waals surface area contributed by atoms with Gasteiger partial charge >= 0.3 is 12.0 Å². The first kappa shape index (κ1) is 26.8. The average molecular weight is 471 g/mol. The van der Waals surface area contributed by atoms with E-state index in [1.165, 1.54) is 13.0 Å². The maximum Gasteiger partial charge on any atom is 0.329 e. The summed E-state index contributed by atoms with van der Waals surface area (Å²) in [7, 11) is 0. The van der Waals surface area contributed by atoms with Crippen LogP contribution in [0.4, 0.5) is 10.5 Å². The minimum Gasteiger partial charge on any atom is -0.451 e. The minimum atomic E-state index is -1.31. The molecule has 176 valence electrons. The number of imide groups is 1. The van der Waals surface area contributed by atoms with Crippen molar-refractivity contribution in [3.05, 3.63) is 38.9 Å². The van der Waals surface area contributed by atoms with Gasteiger partial charge in [-0.3, -0.25) is 25.0 Å². The monoisotopic (exact) mass is 470 g/mol. The molecule has 12 heteroatoms. The van der Waals surface area contributed by atoms with E-state index in [1.54, 1.807) is 34.6 Å². The number of nitro groups is 1. The molecule has 1 aromatic carbocycles. The molecule has 0 aliphatic carbocycles. The van der Waals surface area contributed by atoms with Gasteiger partial charge in [0, 0.05) is 17.7 Å². The zero-order valence-electron chi connectivity index (χ0n) is 18.6. The van der Waals surface area contributed by atoms with Crippen LogP contribution in [0.1, 0.15) is 51.9 Å². The second-order valence-electron chi connectivity index (χ2n) is 8.39. The number of non-ortho nitro benzene ring substituents is 1. The second kappa shape index (κ2) is 10.9. The van der Waals surface area contributed by atoms with E-state index in [9.17, 15) is 29.3 Å². The molecule has 4 amide bonds. The van der Waals surface area contributed by atoms with E-state index in [0.717, 1.165) is 12.1 Å². The number of hydrogen-bond donors (Lipinski definition) is 3. The van der Waals surface area contributed by atoms with Crippen LogP contribution in [-0.2, 0) is 14.3 Å². The van der Waals surface area contributed by atoms with Crippen molar-refractivity contribution in [1.82, 2.24) is 16.0 Å². The Hall–Kier alpha value is -3.21. The van der Waals surface area contributed by atoms with Crippen LogP contribution >= 0.6 is 11.6 Å². The number of ether oxygens (including phenoxy) is 1. The number of benzene rings is 1. The lowest BCUT2D eigenvalue weighted by Gasteiger charge is -2.24. The molecule has 1 aromatic rings. The SMILES string of the molecule is CC(OC(=O)[C@@H](NC(=O)c1ccc([N+](=O)[O-])cc1Cl)C(C)C)C(=O)NC(=O)NC(C)(C)C. The molecule has 32 heavy (non-hydrogen) atoms. The number of nitrogens with one attached hydrogen (secondary N) is 3. The van der Waals surface area contributed by atoms with Crippen LogP contribution in [0.25, 0.3) is 0 Å². The van der Waals surface area contributed by atoms with Gasteiger partial charge in [-0.25, -0.2) is 9.59 Å². The smallest absolute Gasteiger partial charge is 0.329 e. The summed E-state index contributed by atoms with van der Waals surface area (Å²) in [5.41, 5.74) is -0.932. The highest BCUT2D eigenvalue weighted by molar-refractivity contribution is 6.34. The summed E-state index contributed by atoms with van der Waals surface area (Å²) in [5.74, 6) is -2.91. The Balaban J connectivity index is 2.84. The van der Waals surface area contributed by atoms with Gasteiger partial charge in [0.25, 0.3) is 17.5 Å². The van der Waals surface area contributed by atoms with Crippen molar-refractivity contribution in [3.63, 3.8) is 0 Å². The summed E-state index contributed by atoms with van der Waals surface area (Å²) in [6.07, 6.45) is -1.31. The first-order valence-electron chi connectivity index (χ1n) is 9.70. The molecule has 1 unspecified atom stereocenters. The largest absolute Gasteiger partial charge is 0.451 e. The molecule has 0 fully saturated rings. The van der Waals surface area contributed by atoms with Crippen LogP contribution < -0.4 is 16.0 Å². The van der Waals surface area contributed by atoms with Gasteiger partial charge in [0.15, 0.2) is 6.10 Å². The summed E-state index contributed by atoms with van der Waals surface area (Å²) in [4.78, 5) is 59.2. The van der Waals surface area contributed by atoms with Gasteiger partial charge in [-0.2, -0.15) is 0 Å². The van der Waals surface area contributed by atoms with E-state index < -0.39 is 52.3 Å². The number of rotatable bonds is 7. The molecular formula is C20H27ClN4O7. The highest BCUT2D eigenvalue weighted by Crippen LogP contribution is 2.23. The molecule has 0 aliphatic heterocycles. The van der Waals surface area contributed by atoms with Crippen LogP contribution in [0.5, 0.6) is 0 Å². The van der Waals surface area contributed by atoms with Crippen LogP contribution in [0, 0.1) is 16.0 Å². The number of hydrogen-bond acceptors (Lipinski definition) is 7. The van der Waals surface area contributed by atoms with E-state index in [4.69, 9.17) is 16.3 Å². The zero-order chi connectivity index (χ0) is 24.8. The third kappa shape index (κ3) is 8.14. The molecule has 0 spiro atoms. The fourth-order valence-electron chi connectivity index (χ4n) is 2.40. The quantitative estimate of drug-likeness (QED) is 0.314. The summed E-state index contributed by atoms with van der Waals surface area (Å²) in [5, 5.41) is 17.7. The molecule has 3 N–H and O–H groups in total. The molecule has 2 atom stereocenters. The topological polar surface area (TPSA) is 157 Å². The number of halogens is 1. The van der Waals surface area contributed by atoms with E-state index in [0.29, 0.717) is 0 Å². The van der Waals surface area contributed by atoms with Gasteiger partial charge in [-0.05, 0) is 39.7 Å². The van der Waals surface area contributed by atoms with Gasteiger partial charge in [0.05, 0.1) is 15.5 Å². The first-order valence-corrected chi connectivity index (χ1v) is 10.1. The average Bonchev–Trinajstić information content (AvgIpc) is 2.63. The van der Waals surface area contributed by atoms with E-state index in [2.05, 4.69) is 16.0 Å². The van der Waals surface area contributed by atoms with Gasteiger partial charge in [0.1, 0.15) is 6.04 Å². The third-order valence-corrected chi connectivity index (χ3v) is 4.32. The highest BCUT2D eigenvalue weighted by atomic mass is 35.5. The molecule has 0 radical (unpaired) electrons.